The van der Waals surface area contributed by atoms with Gasteiger partial charge < -0.3 is 15.4 Å². The minimum Gasteiger partial charge on any atom is -0.374 e. The number of nitrogens with zero attached hydrogens (tertiary/aromatic N) is 3. The fraction of sp³-hybridized carbons (Fsp3) is 0.950. The molecule has 1 heterocycles. The predicted octanol–water partition coefficient (Wildman–Crippen LogP) is 2.39. The van der Waals surface area contributed by atoms with E-state index in [1.165, 1.54) is 12.8 Å². The van der Waals surface area contributed by atoms with E-state index >= 15 is 0 Å². The van der Waals surface area contributed by atoms with Crippen molar-refractivity contribution in [2.45, 2.75) is 65.6 Å². The molecule has 2 fully saturated rings. The maximum absolute atomic E-state index is 5.92. The molecule has 27 heavy (non-hydrogen) atoms. The minimum atomic E-state index is 0. The van der Waals surface area contributed by atoms with Crippen molar-refractivity contribution in [3.05, 3.63) is 0 Å². The van der Waals surface area contributed by atoms with Crippen LogP contribution in [0.2, 0.25) is 0 Å². The van der Waals surface area contributed by atoms with Gasteiger partial charge in [0.1, 0.15) is 0 Å². The van der Waals surface area contributed by atoms with Crippen LogP contribution in [-0.4, -0.2) is 86.4 Å². The number of nitrogens with one attached hydrogen (secondary N) is 2. The molecular formula is C20H42IN5O. The monoisotopic (exact) mass is 495 g/mol. The molecule has 6 nitrogen and oxygen atoms in total. The molecule has 0 aromatic carbocycles. The lowest BCUT2D eigenvalue weighted by Crippen LogP contribution is -2.46. The van der Waals surface area contributed by atoms with E-state index in [4.69, 9.17) is 9.73 Å². The Kier molecular flexibility index (Phi) is 12.2. The van der Waals surface area contributed by atoms with Gasteiger partial charge in [-0.25, -0.2) is 0 Å². The lowest BCUT2D eigenvalue weighted by Gasteiger charge is -2.33. The van der Waals surface area contributed by atoms with Gasteiger partial charge in [-0.2, -0.15) is 0 Å². The summed E-state index contributed by atoms with van der Waals surface area (Å²) in [6.07, 6.45) is 2.92. The third-order valence-electron chi connectivity index (χ3n) is 4.99. The quantitative estimate of drug-likeness (QED) is 0.277. The van der Waals surface area contributed by atoms with Crippen molar-refractivity contribution < 1.29 is 4.74 Å². The Balaban J connectivity index is 0.00000364. The van der Waals surface area contributed by atoms with Crippen molar-refractivity contribution in [3.8, 4) is 0 Å². The van der Waals surface area contributed by atoms with Gasteiger partial charge in [-0.3, -0.25) is 14.8 Å². The van der Waals surface area contributed by atoms with Crippen molar-refractivity contribution in [1.82, 2.24) is 20.4 Å². The van der Waals surface area contributed by atoms with Crippen LogP contribution in [-0.2, 0) is 4.74 Å². The van der Waals surface area contributed by atoms with Crippen LogP contribution in [0.25, 0.3) is 0 Å². The highest BCUT2D eigenvalue weighted by Gasteiger charge is 2.30. The van der Waals surface area contributed by atoms with Crippen LogP contribution in [0.1, 0.15) is 47.5 Å². The summed E-state index contributed by atoms with van der Waals surface area (Å²) in [6.45, 7) is 18.9. The maximum atomic E-state index is 5.92. The lowest BCUT2D eigenvalue weighted by molar-refractivity contribution is -0.0261. The summed E-state index contributed by atoms with van der Waals surface area (Å²) in [4.78, 5) is 9.88. The first-order valence-electron chi connectivity index (χ1n) is 10.6. The number of hydrogen-bond donors (Lipinski definition) is 2. The zero-order chi connectivity index (χ0) is 18.9. The minimum absolute atomic E-state index is 0. The third kappa shape index (κ3) is 9.76. The Morgan fingerprint density at radius 2 is 1.96 bits per heavy atom. The molecule has 0 amide bonds. The highest BCUT2D eigenvalue weighted by atomic mass is 127. The maximum Gasteiger partial charge on any atom is 0.191 e. The average Bonchev–Trinajstić information content (AvgIpc) is 3.40. The molecule has 0 aromatic heterocycles. The Labute approximate surface area is 183 Å². The molecular weight excluding hydrogens is 453 g/mol. The Morgan fingerprint density at radius 1 is 1.22 bits per heavy atom. The van der Waals surface area contributed by atoms with Gasteiger partial charge in [0.05, 0.1) is 19.3 Å². The number of ether oxygens (including phenoxy) is 1. The number of rotatable bonds is 10. The molecule has 1 unspecified atom stereocenters. The van der Waals surface area contributed by atoms with E-state index in [2.05, 4.69) is 55.1 Å². The van der Waals surface area contributed by atoms with Crippen LogP contribution in [0, 0.1) is 5.92 Å². The molecule has 2 aliphatic rings. The summed E-state index contributed by atoms with van der Waals surface area (Å²) < 4.78 is 5.92. The SMILES string of the molecule is CCNC(=NCC1CN(CC(C)C)CCO1)NCCN(C(C)C)C1CC1.I. The van der Waals surface area contributed by atoms with Crippen LogP contribution in [0.15, 0.2) is 4.99 Å². The summed E-state index contributed by atoms with van der Waals surface area (Å²) in [5.41, 5.74) is 0. The first-order chi connectivity index (χ1) is 12.5. The van der Waals surface area contributed by atoms with Crippen molar-refractivity contribution >= 4 is 29.9 Å². The Bertz CT molecular complexity index is 427. The van der Waals surface area contributed by atoms with Crippen molar-refractivity contribution in [2.24, 2.45) is 10.9 Å². The molecule has 0 aromatic rings. The van der Waals surface area contributed by atoms with Gasteiger partial charge in [0, 0.05) is 51.4 Å². The summed E-state index contributed by atoms with van der Waals surface area (Å²) >= 11 is 0. The highest BCUT2D eigenvalue weighted by molar-refractivity contribution is 14.0. The topological polar surface area (TPSA) is 52.1 Å². The number of morpholine rings is 1. The standard InChI is InChI=1S/C20H41N5O.HI/c1-6-21-20(22-9-10-25(17(4)5)18-7-8-18)23-13-19-15-24(11-12-26-19)14-16(2)3;/h16-19H,6-15H2,1-5H3,(H2,21,22,23);1H. The molecule has 1 aliphatic carbocycles. The highest BCUT2D eigenvalue weighted by Crippen LogP contribution is 2.27. The summed E-state index contributed by atoms with van der Waals surface area (Å²) in [5.74, 6) is 1.61. The van der Waals surface area contributed by atoms with Gasteiger partial charge in [-0.1, -0.05) is 13.8 Å². The first kappa shape index (κ1) is 24.9. The van der Waals surface area contributed by atoms with Crippen molar-refractivity contribution in [3.63, 3.8) is 0 Å². The molecule has 0 spiro atoms. The molecule has 2 rings (SSSR count). The summed E-state index contributed by atoms with van der Waals surface area (Å²) in [5, 5.41) is 6.86. The second-order valence-electron chi connectivity index (χ2n) is 8.36. The summed E-state index contributed by atoms with van der Waals surface area (Å²) in [6, 6.07) is 1.42. The lowest BCUT2D eigenvalue weighted by atomic mass is 10.2. The Morgan fingerprint density at radius 3 is 2.56 bits per heavy atom. The largest absolute Gasteiger partial charge is 0.374 e. The van der Waals surface area contributed by atoms with Gasteiger partial charge in [0.15, 0.2) is 5.96 Å². The molecule has 1 saturated carbocycles. The van der Waals surface area contributed by atoms with E-state index in [0.29, 0.717) is 12.0 Å². The van der Waals surface area contributed by atoms with E-state index in [0.717, 1.165) is 64.4 Å². The normalized spacial score (nSPS) is 21.6. The second kappa shape index (κ2) is 13.2. The molecule has 1 saturated heterocycles. The average molecular weight is 495 g/mol. The van der Waals surface area contributed by atoms with Crippen LogP contribution in [0.5, 0.6) is 0 Å². The van der Waals surface area contributed by atoms with Crippen molar-refractivity contribution in [2.75, 3.05) is 52.4 Å². The van der Waals surface area contributed by atoms with Gasteiger partial charge in [-0.15, -0.1) is 24.0 Å². The van der Waals surface area contributed by atoms with Crippen molar-refractivity contribution in [1.29, 1.82) is 0 Å². The summed E-state index contributed by atoms with van der Waals surface area (Å²) in [7, 11) is 0. The van der Waals surface area contributed by atoms with Gasteiger partial charge in [0.25, 0.3) is 0 Å². The zero-order valence-corrected chi connectivity index (χ0v) is 20.4. The van der Waals surface area contributed by atoms with Gasteiger partial charge in [0.2, 0.25) is 0 Å². The van der Waals surface area contributed by atoms with Crippen LogP contribution in [0.3, 0.4) is 0 Å². The number of halogens is 1. The molecule has 0 radical (unpaired) electrons. The zero-order valence-electron chi connectivity index (χ0n) is 18.0. The fourth-order valence-electron chi connectivity index (χ4n) is 3.68. The van der Waals surface area contributed by atoms with E-state index < -0.39 is 0 Å². The van der Waals surface area contributed by atoms with E-state index in [-0.39, 0.29) is 30.1 Å². The fourth-order valence-corrected chi connectivity index (χ4v) is 3.68. The number of hydrogen-bond acceptors (Lipinski definition) is 4. The van der Waals surface area contributed by atoms with Crippen LogP contribution < -0.4 is 10.6 Å². The molecule has 1 aliphatic heterocycles. The van der Waals surface area contributed by atoms with E-state index in [1.54, 1.807) is 0 Å². The second-order valence-corrected chi connectivity index (χ2v) is 8.36. The van der Waals surface area contributed by atoms with E-state index in [9.17, 15) is 0 Å². The molecule has 2 N–H and O–H groups in total. The molecule has 0 bridgehead atoms. The third-order valence-corrected chi connectivity index (χ3v) is 4.99. The van der Waals surface area contributed by atoms with E-state index in [1.807, 2.05) is 0 Å². The number of guanidine groups is 1. The molecule has 160 valence electrons. The molecule has 1 atom stereocenters. The van der Waals surface area contributed by atoms with Crippen LogP contribution in [0.4, 0.5) is 0 Å². The predicted molar refractivity (Wildman–Crippen MR) is 125 cm³/mol. The number of aliphatic imine (C=N–C) groups is 1. The van der Waals surface area contributed by atoms with Crippen LogP contribution >= 0.6 is 24.0 Å². The smallest absolute Gasteiger partial charge is 0.191 e. The van der Waals surface area contributed by atoms with Gasteiger partial charge in [-0.05, 0) is 39.5 Å². The molecule has 7 heteroatoms. The van der Waals surface area contributed by atoms with Gasteiger partial charge >= 0.3 is 0 Å². The first-order valence-corrected chi connectivity index (χ1v) is 10.6. The Hall–Kier alpha value is -0.120.